The normalized spacial score (nSPS) is 29.2. The molecule has 2 rings (SSSR count). The summed E-state index contributed by atoms with van der Waals surface area (Å²) >= 11 is 0. The van der Waals surface area contributed by atoms with Gasteiger partial charge in [0, 0.05) is 12.3 Å². The Hall–Kier alpha value is -0.590. The Balaban J connectivity index is 2.05. The van der Waals surface area contributed by atoms with Gasteiger partial charge in [0.05, 0.1) is 0 Å². The van der Waals surface area contributed by atoms with Gasteiger partial charge in [0.15, 0.2) is 0 Å². The van der Waals surface area contributed by atoms with E-state index >= 15 is 0 Å². The molecular weight excluding hydrogens is 184 g/mol. The summed E-state index contributed by atoms with van der Waals surface area (Å²) in [7, 11) is 0. The van der Waals surface area contributed by atoms with Crippen LogP contribution in [0, 0.1) is 5.92 Å². The number of hydrogen-bond donors (Lipinski definition) is 0. The molecule has 1 fully saturated rings. The van der Waals surface area contributed by atoms with Crippen LogP contribution in [-0.2, 0) is 4.79 Å². The van der Waals surface area contributed by atoms with E-state index in [2.05, 4.69) is 6.08 Å². The first-order chi connectivity index (χ1) is 7.38. The van der Waals surface area contributed by atoms with Crippen LogP contribution in [0.2, 0.25) is 0 Å². The molecule has 84 valence electrons. The zero-order valence-corrected chi connectivity index (χ0v) is 9.63. The van der Waals surface area contributed by atoms with E-state index in [1.807, 2.05) is 0 Å². The van der Waals surface area contributed by atoms with Crippen LogP contribution in [0.4, 0.5) is 0 Å². The summed E-state index contributed by atoms with van der Waals surface area (Å²) in [5.74, 6) is 0.839. The molecule has 0 aromatic heterocycles. The summed E-state index contributed by atoms with van der Waals surface area (Å²) in [5.41, 5.74) is 1.49. The molecule has 2 aliphatic rings. The molecule has 0 spiro atoms. The fourth-order valence-electron chi connectivity index (χ4n) is 2.91. The molecule has 0 N–H and O–H groups in total. The van der Waals surface area contributed by atoms with E-state index in [0.29, 0.717) is 11.7 Å². The standard InChI is InChI=1S/C14H22O/c15-14-11-7-3-6-10-13(14)12-8-4-1-2-5-9-12/h8,13H,1-7,9-11H2. The number of carbonyl (C=O) groups excluding carboxylic acids is 1. The van der Waals surface area contributed by atoms with Gasteiger partial charge in [-0.3, -0.25) is 4.79 Å². The van der Waals surface area contributed by atoms with Crippen LogP contribution in [-0.4, -0.2) is 5.78 Å². The number of ketones is 1. The maximum absolute atomic E-state index is 12.0. The van der Waals surface area contributed by atoms with E-state index in [9.17, 15) is 4.79 Å². The molecule has 0 aromatic carbocycles. The third-order valence-corrected chi connectivity index (χ3v) is 3.83. The van der Waals surface area contributed by atoms with E-state index in [0.717, 1.165) is 19.3 Å². The van der Waals surface area contributed by atoms with Gasteiger partial charge in [-0.1, -0.05) is 30.9 Å². The van der Waals surface area contributed by atoms with Crippen LogP contribution in [0.25, 0.3) is 0 Å². The van der Waals surface area contributed by atoms with Gasteiger partial charge in [-0.05, 0) is 38.5 Å². The highest BCUT2D eigenvalue weighted by Gasteiger charge is 2.24. The number of hydrogen-bond acceptors (Lipinski definition) is 1. The molecular formula is C14H22O. The third-order valence-electron chi connectivity index (χ3n) is 3.83. The maximum atomic E-state index is 12.0. The molecule has 1 nitrogen and oxygen atoms in total. The van der Waals surface area contributed by atoms with Crippen LogP contribution in [0.3, 0.4) is 0 Å². The Morgan fingerprint density at radius 1 is 0.933 bits per heavy atom. The summed E-state index contributed by atoms with van der Waals surface area (Å²) in [5, 5.41) is 0. The summed E-state index contributed by atoms with van der Waals surface area (Å²) in [6, 6.07) is 0. The topological polar surface area (TPSA) is 17.1 Å². The van der Waals surface area contributed by atoms with Crippen molar-refractivity contribution in [3.8, 4) is 0 Å². The quantitative estimate of drug-likeness (QED) is 0.467. The number of Topliss-reactive ketones (excluding diaryl/α,β-unsaturated/α-hetero) is 1. The van der Waals surface area contributed by atoms with Gasteiger partial charge in [0.2, 0.25) is 0 Å². The number of rotatable bonds is 1. The van der Waals surface area contributed by atoms with Gasteiger partial charge in [-0.15, -0.1) is 0 Å². The van der Waals surface area contributed by atoms with E-state index in [1.165, 1.54) is 50.5 Å². The van der Waals surface area contributed by atoms with Crippen molar-refractivity contribution in [3.63, 3.8) is 0 Å². The molecule has 15 heavy (non-hydrogen) atoms. The largest absolute Gasteiger partial charge is 0.299 e. The first-order valence-corrected chi connectivity index (χ1v) is 6.59. The Kier molecular flexibility index (Phi) is 3.99. The summed E-state index contributed by atoms with van der Waals surface area (Å²) in [6.07, 6.45) is 14.4. The lowest BCUT2D eigenvalue weighted by atomic mass is 9.88. The molecule has 0 aliphatic heterocycles. The van der Waals surface area contributed by atoms with Crippen molar-refractivity contribution >= 4 is 5.78 Å². The summed E-state index contributed by atoms with van der Waals surface area (Å²) < 4.78 is 0. The summed E-state index contributed by atoms with van der Waals surface area (Å²) in [6.45, 7) is 0. The molecule has 2 aliphatic carbocycles. The summed E-state index contributed by atoms with van der Waals surface area (Å²) in [4.78, 5) is 12.0. The van der Waals surface area contributed by atoms with Crippen molar-refractivity contribution < 1.29 is 4.79 Å². The predicted molar refractivity (Wildman–Crippen MR) is 62.8 cm³/mol. The third kappa shape index (κ3) is 2.93. The van der Waals surface area contributed by atoms with Gasteiger partial charge in [0.25, 0.3) is 0 Å². The second-order valence-electron chi connectivity index (χ2n) is 5.00. The van der Waals surface area contributed by atoms with Gasteiger partial charge < -0.3 is 0 Å². The van der Waals surface area contributed by atoms with E-state index in [-0.39, 0.29) is 0 Å². The zero-order chi connectivity index (χ0) is 10.5. The van der Waals surface area contributed by atoms with Crippen molar-refractivity contribution in [1.29, 1.82) is 0 Å². The first kappa shape index (κ1) is 10.9. The predicted octanol–water partition coefficient (Wildman–Crippen LogP) is 4.03. The first-order valence-electron chi connectivity index (χ1n) is 6.59. The van der Waals surface area contributed by atoms with E-state index in [1.54, 1.807) is 0 Å². The van der Waals surface area contributed by atoms with Crippen LogP contribution in [0.15, 0.2) is 11.6 Å². The second kappa shape index (κ2) is 5.48. The minimum absolute atomic E-state index is 0.311. The fourth-order valence-corrected chi connectivity index (χ4v) is 2.91. The fraction of sp³-hybridized carbons (Fsp3) is 0.786. The van der Waals surface area contributed by atoms with Crippen LogP contribution >= 0.6 is 0 Å². The smallest absolute Gasteiger partial charge is 0.139 e. The molecule has 0 amide bonds. The molecule has 0 radical (unpaired) electrons. The SMILES string of the molecule is O=C1CCCCCC1C1=CCCCCC1. The molecule has 1 saturated carbocycles. The van der Waals surface area contributed by atoms with Crippen LogP contribution in [0.1, 0.15) is 64.2 Å². The molecule has 1 heteroatoms. The van der Waals surface area contributed by atoms with E-state index in [4.69, 9.17) is 0 Å². The molecule has 1 unspecified atom stereocenters. The Morgan fingerprint density at radius 2 is 1.73 bits per heavy atom. The Bertz CT molecular complexity index is 252. The van der Waals surface area contributed by atoms with Crippen molar-refractivity contribution in [2.45, 2.75) is 64.2 Å². The van der Waals surface area contributed by atoms with Crippen molar-refractivity contribution in [3.05, 3.63) is 11.6 Å². The lowest BCUT2D eigenvalue weighted by molar-refractivity contribution is -0.121. The number of carbonyl (C=O) groups is 1. The molecule has 0 heterocycles. The van der Waals surface area contributed by atoms with Crippen molar-refractivity contribution in [2.75, 3.05) is 0 Å². The van der Waals surface area contributed by atoms with Gasteiger partial charge in [-0.25, -0.2) is 0 Å². The maximum Gasteiger partial charge on any atom is 0.139 e. The minimum Gasteiger partial charge on any atom is -0.299 e. The zero-order valence-electron chi connectivity index (χ0n) is 9.63. The van der Waals surface area contributed by atoms with Gasteiger partial charge >= 0.3 is 0 Å². The highest BCUT2D eigenvalue weighted by atomic mass is 16.1. The molecule has 1 atom stereocenters. The highest BCUT2D eigenvalue weighted by molar-refractivity contribution is 5.83. The molecule has 0 bridgehead atoms. The lowest BCUT2D eigenvalue weighted by Gasteiger charge is -2.16. The average molecular weight is 206 g/mol. The number of allylic oxidation sites excluding steroid dienone is 2. The van der Waals surface area contributed by atoms with Gasteiger partial charge in [-0.2, -0.15) is 0 Å². The van der Waals surface area contributed by atoms with Crippen LogP contribution in [0.5, 0.6) is 0 Å². The van der Waals surface area contributed by atoms with Gasteiger partial charge in [0.1, 0.15) is 5.78 Å². The van der Waals surface area contributed by atoms with Crippen LogP contribution < -0.4 is 0 Å². The molecule has 0 saturated heterocycles. The minimum atomic E-state index is 0.311. The van der Waals surface area contributed by atoms with Crippen molar-refractivity contribution in [1.82, 2.24) is 0 Å². The van der Waals surface area contributed by atoms with E-state index < -0.39 is 0 Å². The second-order valence-corrected chi connectivity index (χ2v) is 5.00. The lowest BCUT2D eigenvalue weighted by Crippen LogP contribution is -2.15. The molecule has 0 aromatic rings. The highest BCUT2D eigenvalue weighted by Crippen LogP contribution is 2.31. The Morgan fingerprint density at radius 3 is 2.67 bits per heavy atom. The Labute approximate surface area is 92.9 Å². The monoisotopic (exact) mass is 206 g/mol. The van der Waals surface area contributed by atoms with Crippen molar-refractivity contribution in [2.24, 2.45) is 5.92 Å². The average Bonchev–Trinajstić information content (AvgIpc) is 2.59.